The maximum Gasteiger partial charge on any atom is 0.254 e. The molecule has 0 atom stereocenters. The average molecular weight is 280 g/mol. The van der Waals surface area contributed by atoms with Crippen LogP contribution in [-0.4, -0.2) is 43.7 Å². The minimum absolute atomic E-state index is 0.0645. The molecular weight excluding hydrogens is 256 g/mol. The highest BCUT2D eigenvalue weighted by Gasteiger charge is 2.19. The summed E-state index contributed by atoms with van der Waals surface area (Å²) in [5.74, 6) is 0.552. The fourth-order valence-corrected chi connectivity index (χ4v) is 1.95. The number of carbonyl (C=O) groups is 1. The quantitative estimate of drug-likeness (QED) is 0.777. The van der Waals surface area contributed by atoms with Crippen molar-refractivity contribution in [2.45, 2.75) is 26.8 Å². The summed E-state index contributed by atoms with van der Waals surface area (Å²) in [6.45, 7) is 7.43. The van der Waals surface area contributed by atoms with E-state index in [2.05, 4.69) is 0 Å². The van der Waals surface area contributed by atoms with Crippen molar-refractivity contribution in [3.05, 3.63) is 23.8 Å². The van der Waals surface area contributed by atoms with Gasteiger partial charge >= 0.3 is 0 Å². The van der Waals surface area contributed by atoms with Crippen LogP contribution < -0.4 is 10.5 Å². The Kier molecular flexibility index (Phi) is 6.31. The minimum Gasteiger partial charge on any atom is -0.494 e. The maximum atomic E-state index is 12.6. The fourth-order valence-electron chi connectivity index (χ4n) is 1.95. The lowest BCUT2D eigenvalue weighted by molar-refractivity contribution is 0.0634. The number of rotatable bonds is 7. The highest BCUT2D eigenvalue weighted by atomic mass is 16.5. The van der Waals surface area contributed by atoms with Gasteiger partial charge in [0.05, 0.1) is 13.2 Å². The molecule has 0 bridgehead atoms. The van der Waals surface area contributed by atoms with Crippen molar-refractivity contribution < 1.29 is 14.3 Å². The topological polar surface area (TPSA) is 64.8 Å². The third-order valence-corrected chi connectivity index (χ3v) is 2.91. The molecule has 1 aromatic carbocycles. The third-order valence-electron chi connectivity index (χ3n) is 2.91. The van der Waals surface area contributed by atoms with Crippen molar-refractivity contribution in [3.8, 4) is 5.75 Å². The van der Waals surface area contributed by atoms with Gasteiger partial charge in [0.15, 0.2) is 0 Å². The van der Waals surface area contributed by atoms with Gasteiger partial charge in [-0.05, 0) is 32.9 Å². The first-order valence-corrected chi connectivity index (χ1v) is 6.82. The van der Waals surface area contributed by atoms with Gasteiger partial charge in [-0.25, -0.2) is 0 Å². The van der Waals surface area contributed by atoms with Crippen LogP contribution in [0.15, 0.2) is 18.2 Å². The second-order valence-electron chi connectivity index (χ2n) is 4.81. The smallest absolute Gasteiger partial charge is 0.254 e. The largest absolute Gasteiger partial charge is 0.494 e. The predicted molar refractivity (Wildman–Crippen MR) is 80.1 cm³/mol. The van der Waals surface area contributed by atoms with Gasteiger partial charge in [0, 0.05) is 37.0 Å². The Morgan fingerprint density at radius 1 is 1.35 bits per heavy atom. The maximum absolute atomic E-state index is 12.6. The fraction of sp³-hybridized carbons (Fsp3) is 0.533. The van der Waals surface area contributed by atoms with Crippen LogP contribution in [0, 0.1) is 0 Å². The molecular formula is C15H24N2O3. The van der Waals surface area contributed by atoms with Gasteiger partial charge in [0.1, 0.15) is 5.75 Å². The standard InChI is InChI=1S/C15H24N2O3/c1-5-20-14-9-12(8-13(16)10-14)15(18)17(11(2)3)6-7-19-4/h8-11H,5-7,16H2,1-4H3. The summed E-state index contributed by atoms with van der Waals surface area (Å²) in [6, 6.07) is 5.21. The first-order chi connectivity index (χ1) is 9.49. The Labute approximate surface area is 120 Å². The average Bonchev–Trinajstić information content (AvgIpc) is 2.38. The summed E-state index contributed by atoms with van der Waals surface area (Å²) >= 11 is 0. The Bertz CT molecular complexity index is 447. The van der Waals surface area contributed by atoms with E-state index in [1.807, 2.05) is 20.8 Å². The number of nitrogens with zero attached hydrogens (tertiary/aromatic N) is 1. The number of hydrogen-bond acceptors (Lipinski definition) is 4. The molecule has 2 N–H and O–H groups in total. The van der Waals surface area contributed by atoms with E-state index in [-0.39, 0.29) is 11.9 Å². The molecule has 0 aromatic heterocycles. The summed E-state index contributed by atoms with van der Waals surface area (Å²) < 4.78 is 10.5. The van der Waals surface area contributed by atoms with Crippen LogP contribution in [0.1, 0.15) is 31.1 Å². The number of benzene rings is 1. The molecule has 0 spiro atoms. The van der Waals surface area contributed by atoms with Crippen LogP contribution in [-0.2, 0) is 4.74 Å². The zero-order chi connectivity index (χ0) is 15.1. The Balaban J connectivity index is 2.98. The number of anilines is 1. The molecule has 20 heavy (non-hydrogen) atoms. The van der Waals surface area contributed by atoms with Crippen LogP contribution in [0.3, 0.4) is 0 Å². The molecule has 0 radical (unpaired) electrons. The van der Waals surface area contributed by atoms with Gasteiger partial charge < -0.3 is 20.1 Å². The monoisotopic (exact) mass is 280 g/mol. The van der Waals surface area contributed by atoms with E-state index in [4.69, 9.17) is 15.2 Å². The molecule has 0 saturated heterocycles. The first kappa shape index (κ1) is 16.3. The number of ether oxygens (including phenoxy) is 2. The van der Waals surface area contributed by atoms with Crippen LogP contribution in [0.5, 0.6) is 5.75 Å². The van der Waals surface area contributed by atoms with E-state index in [1.54, 1.807) is 30.2 Å². The Morgan fingerprint density at radius 3 is 2.60 bits per heavy atom. The number of carbonyl (C=O) groups excluding carboxylic acids is 1. The van der Waals surface area contributed by atoms with Crippen LogP contribution in [0.4, 0.5) is 5.69 Å². The molecule has 0 fully saturated rings. The molecule has 0 unspecified atom stereocenters. The van der Waals surface area contributed by atoms with Gasteiger partial charge in [0.25, 0.3) is 5.91 Å². The molecule has 0 saturated carbocycles. The molecule has 5 nitrogen and oxygen atoms in total. The van der Waals surface area contributed by atoms with Crippen LogP contribution in [0.25, 0.3) is 0 Å². The van der Waals surface area contributed by atoms with E-state index in [0.29, 0.717) is 36.8 Å². The minimum atomic E-state index is -0.0645. The molecule has 1 aromatic rings. The van der Waals surface area contributed by atoms with Gasteiger partial charge in [0.2, 0.25) is 0 Å². The van der Waals surface area contributed by atoms with Gasteiger partial charge in [-0.2, -0.15) is 0 Å². The molecule has 1 amide bonds. The lowest BCUT2D eigenvalue weighted by atomic mass is 10.1. The summed E-state index contributed by atoms with van der Waals surface area (Å²) in [4.78, 5) is 14.3. The number of amides is 1. The van der Waals surface area contributed by atoms with Gasteiger partial charge in [-0.15, -0.1) is 0 Å². The molecule has 0 aliphatic carbocycles. The summed E-state index contributed by atoms with van der Waals surface area (Å²) in [7, 11) is 1.62. The van der Waals surface area contributed by atoms with Crippen molar-refractivity contribution in [3.63, 3.8) is 0 Å². The zero-order valence-corrected chi connectivity index (χ0v) is 12.7. The van der Waals surface area contributed by atoms with E-state index in [9.17, 15) is 4.79 Å². The summed E-state index contributed by atoms with van der Waals surface area (Å²) in [6.07, 6.45) is 0. The molecule has 0 aliphatic rings. The predicted octanol–water partition coefficient (Wildman–Crippen LogP) is 2.16. The van der Waals surface area contributed by atoms with Crippen molar-refractivity contribution >= 4 is 11.6 Å². The molecule has 5 heteroatoms. The van der Waals surface area contributed by atoms with Gasteiger partial charge in [-0.3, -0.25) is 4.79 Å². The number of methoxy groups -OCH3 is 1. The normalized spacial score (nSPS) is 10.7. The lowest BCUT2D eigenvalue weighted by Gasteiger charge is -2.26. The van der Waals surface area contributed by atoms with Crippen molar-refractivity contribution in [2.75, 3.05) is 32.6 Å². The Morgan fingerprint density at radius 2 is 2.05 bits per heavy atom. The molecule has 0 heterocycles. The van der Waals surface area contributed by atoms with E-state index >= 15 is 0 Å². The van der Waals surface area contributed by atoms with E-state index < -0.39 is 0 Å². The summed E-state index contributed by atoms with van der Waals surface area (Å²) in [5, 5.41) is 0. The SMILES string of the molecule is CCOc1cc(N)cc(C(=O)N(CCOC)C(C)C)c1. The highest BCUT2D eigenvalue weighted by Crippen LogP contribution is 2.21. The number of nitrogen functional groups attached to an aromatic ring is 1. The van der Waals surface area contributed by atoms with Crippen molar-refractivity contribution in [1.29, 1.82) is 0 Å². The van der Waals surface area contributed by atoms with Crippen molar-refractivity contribution in [2.24, 2.45) is 0 Å². The summed E-state index contributed by atoms with van der Waals surface area (Å²) in [5.41, 5.74) is 6.89. The van der Waals surface area contributed by atoms with Crippen molar-refractivity contribution in [1.82, 2.24) is 4.90 Å². The lowest BCUT2D eigenvalue weighted by Crippen LogP contribution is -2.39. The highest BCUT2D eigenvalue weighted by molar-refractivity contribution is 5.95. The number of hydrogen-bond donors (Lipinski definition) is 1. The Hall–Kier alpha value is -1.75. The van der Waals surface area contributed by atoms with E-state index in [0.717, 1.165) is 0 Å². The first-order valence-electron chi connectivity index (χ1n) is 6.82. The molecule has 112 valence electrons. The second kappa shape index (κ2) is 7.75. The van der Waals surface area contributed by atoms with Gasteiger partial charge in [-0.1, -0.05) is 0 Å². The third kappa shape index (κ3) is 4.42. The van der Waals surface area contributed by atoms with E-state index in [1.165, 1.54) is 0 Å². The zero-order valence-electron chi connectivity index (χ0n) is 12.7. The molecule has 0 aliphatic heterocycles. The number of nitrogens with two attached hydrogens (primary N) is 1. The van der Waals surface area contributed by atoms with Crippen LogP contribution >= 0.6 is 0 Å². The molecule has 1 rings (SSSR count). The van der Waals surface area contributed by atoms with Crippen LogP contribution in [0.2, 0.25) is 0 Å². The second-order valence-corrected chi connectivity index (χ2v) is 4.81.